The van der Waals surface area contributed by atoms with Crippen LogP contribution < -0.4 is 20.1 Å². The number of anilines is 2. The number of rotatable bonds is 5. The van der Waals surface area contributed by atoms with Gasteiger partial charge in [-0.25, -0.2) is 4.98 Å². The Labute approximate surface area is 118 Å². The number of nitrogens with zero attached hydrogens (tertiary/aromatic N) is 2. The third-order valence-corrected chi connectivity index (χ3v) is 2.76. The molecule has 0 aliphatic rings. The zero-order chi connectivity index (χ0) is 14.5. The van der Waals surface area contributed by atoms with E-state index in [0.29, 0.717) is 29.7 Å². The van der Waals surface area contributed by atoms with Crippen LogP contribution in [0.1, 0.15) is 6.92 Å². The Bertz CT molecular complexity index is 585. The average Bonchev–Trinajstić information content (AvgIpc) is 2.43. The van der Waals surface area contributed by atoms with Gasteiger partial charge >= 0.3 is 0 Å². The molecule has 1 aromatic carbocycles. The molecular formula is C15H19N3O2. The van der Waals surface area contributed by atoms with Crippen molar-refractivity contribution in [3.8, 4) is 17.4 Å². The third kappa shape index (κ3) is 3.12. The average molecular weight is 273 g/mol. The molecule has 0 bridgehead atoms. The van der Waals surface area contributed by atoms with Crippen LogP contribution in [-0.4, -0.2) is 25.7 Å². The number of ether oxygens (including phenoxy) is 2. The number of nitrogen functional groups attached to an aromatic ring is 1. The van der Waals surface area contributed by atoms with Crippen LogP contribution in [0.5, 0.6) is 17.4 Å². The van der Waals surface area contributed by atoms with E-state index in [9.17, 15) is 0 Å². The van der Waals surface area contributed by atoms with Crippen molar-refractivity contribution in [3.05, 3.63) is 36.5 Å². The summed E-state index contributed by atoms with van der Waals surface area (Å²) in [4.78, 5) is 6.17. The summed E-state index contributed by atoms with van der Waals surface area (Å²) in [5, 5.41) is 0. The summed E-state index contributed by atoms with van der Waals surface area (Å²) in [7, 11) is 3.92. The van der Waals surface area contributed by atoms with E-state index in [1.165, 1.54) is 0 Å². The van der Waals surface area contributed by atoms with Crippen molar-refractivity contribution >= 4 is 11.4 Å². The van der Waals surface area contributed by atoms with E-state index in [2.05, 4.69) is 4.98 Å². The molecule has 2 aromatic rings. The highest BCUT2D eigenvalue weighted by Gasteiger charge is 2.10. The molecule has 0 aliphatic carbocycles. The fourth-order valence-corrected chi connectivity index (χ4v) is 1.71. The van der Waals surface area contributed by atoms with Gasteiger partial charge in [-0.15, -0.1) is 0 Å². The van der Waals surface area contributed by atoms with E-state index in [-0.39, 0.29) is 0 Å². The van der Waals surface area contributed by atoms with Crippen molar-refractivity contribution in [2.45, 2.75) is 6.92 Å². The van der Waals surface area contributed by atoms with Crippen molar-refractivity contribution in [3.63, 3.8) is 0 Å². The Morgan fingerprint density at radius 3 is 2.70 bits per heavy atom. The third-order valence-electron chi connectivity index (χ3n) is 2.76. The van der Waals surface area contributed by atoms with E-state index in [1.807, 2.05) is 50.2 Å². The zero-order valence-corrected chi connectivity index (χ0v) is 12.0. The van der Waals surface area contributed by atoms with Crippen LogP contribution in [0.25, 0.3) is 0 Å². The highest BCUT2D eigenvalue weighted by molar-refractivity contribution is 5.63. The normalized spacial score (nSPS) is 10.2. The minimum atomic E-state index is 0.414. The van der Waals surface area contributed by atoms with Gasteiger partial charge in [0.15, 0.2) is 11.5 Å². The molecule has 0 saturated carbocycles. The van der Waals surface area contributed by atoms with Crippen molar-refractivity contribution in [1.29, 1.82) is 0 Å². The number of benzene rings is 1. The highest BCUT2D eigenvalue weighted by atomic mass is 16.5. The van der Waals surface area contributed by atoms with Gasteiger partial charge in [-0.1, -0.05) is 0 Å². The number of aromatic nitrogens is 1. The second kappa shape index (κ2) is 6.14. The van der Waals surface area contributed by atoms with Crippen molar-refractivity contribution in [2.75, 3.05) is 31.3 Å². The molecule has 20 heavy (non-hydrogen) atoms. The molecule has 0 saturated heterocycles. The molecule has 0 atom stereocenters. The predicted octanol–water partition coefficient (Wildman–Crippen LogP) is 2.92. The Kier molecular flexibility index (Phi) is 4.30. The van der Waals surface area contributed by atoms with Gasteiger partial charge in [-0.3, -0.25) is 0 Å². The van der Waals surface area contributed by atoms with Crippen LogP contribution in [0.3, 0.4) is 0 Å². The van der Waals surface area contributed by atoms with Gasteiger partial charge in [-0.2, -0.15) is 0 Å². The fourth-order valence-electron chi connectivity index (χ4n) is 1.71. The van der Waals surface area contributed by atoms with E-state index >= 15 is 0 Å². The molecule has 2 N–H and O–H groups in total. The number of pyridine rings is 1. The summed E-state index contributed by atoms with van der Waals surface area (Å²) < 4.78 is 11.3. The standard InChI is InChI=1S/C15H19N3O2/c1-4-19-13-6-5-9-17-15(13)20-14-10-11(18(2)3)7-8-12(14)16/h5-10H,4,16H2,1-3H3. The molecule has 1 aromatic heterocycles. The Morgan fingerprint density at radius 1 is 1.20 bits per heavy atom. The molecule has 0 aliphatic heterocycles. The van der Waals surface area contributed by atoms with E-state index in [4.69, 9.17) is 15.2 Å². The predicted molar refractivity (Wildman–Crippen MR) is 80.7 cm³/mol. The fraction of sp³-hybridized carbons (Fsp3) is 0.267. The first-order valence-corrected chi connectivity index (χ1v) is 6.44. The molecular weight excluding hydrogens is 254 g/mol. The lowest BCUT2D eigenvalue weighted by Gasteiger charge is -2.16. The summed E-state index contributed by atoms with van der Waals surface area (Å²) in [5.74, 6) is 1.58. The first kappa shape index (κ1) is 14.0. The van der Waals surface area contributed by atoms with Gasteiger partial charge < -0.3 is 20.1 Å². The Balaban J connectivity index is 2.32. The lowest BCUT2D eigenvalue weighted by molar-refractivity contribution is 0.316. The number of hydrogen-bond acceptors (Lipinski definition) is 5. The maximum Gasteiger partial charge on any atom is 0.262 e. The quantitative estimate of drug-likeness (QED) is 0.849. The monoisotopic (exact) mass is 273 g/mol. The van der Waals surface area contributed by atoms with Crippen LogP contribution in [0.2, 0.25) is 0 Å². The molecule has 0 unspecified atom stereocenters. The molecule has 0 amide bonds. The van der Waals surface area contributed by atoms with Crippen LogP contribution in [0, 0.1) is 0 Å². The lowest BCUT2D eigenvalue weighted by Crippen LogP contribution is -2.09. The van der Waals surface area contributed by atoms with Gasteiger partial charge in [0, 0.05) is 32.0 Å². The van der Waals surface area contributed by atoms with Crippen LogP contribution in [0.4, 0.5) is 11.4 Å². The molecule has 106 valence electrons. The maximum absolute atomic E-state index is 5.95. The van der Waals surface area contributed by atoms with Gasteiger partial charge in [-0.05, 0) is 31.2 Å². The maximum atomic E-state index is 5.95. The van der Waals surface area contributed by atoms with Gasteiger partial charge in [0.05, 0.1) is 12.3 Å². The lowest BCUT2D eigenvalue weighted by atomic mass is 10.2. The topological polar surface area (TPSA) is 60.6 Å². The van der Waals surface area contributed by atoms with Crippen LogP contribution >= 0.6 is 0 Å². The molecule has 5 heteroatoms. The summed E-state index contributed by atoms with van der Waals surface area (Å²) in [6, 6.07) is 9.24. The summed E-state index contributed by atoms with van der Waals surface area (Å²) in [6.45, 7) is 2.47. The summed E-state index contributed by atoms with van der Waals surface area (Å²) >= 11 is 0. The van der Waals surface area contributed by atoms with Crippen molar-refractivity contribution in [1.82, 2.24) is 4.98 Å². The summed E-state index contributed by atoms with van der Waals surface area (Å²) in [5.41, 5.74) is 7.51. The number of hydrogen-bond donors (Lipinski definition) is 1. The van der Waals surface area contributed by atoms with Crippen LogP contribution in [-0.2, 0) is 0 Å². The molecule has 1 heterocycles. The first-order chi connectivity index (χ1) is 9.61. The van der Waals surface area contributed by atoms with E-state index < -0.39 is 0 Å². The van der Waals surface area contributed by atoms with Gasteiger partial charge in [0.1, 0.15) is 0 Å². The Morgan fingerprint density at radius 2 is 2.00 bits per heavy atom. The minimum Gasteiger partial charge on any atom is -0.488 e. The molecule has 0 spiro atoms. The first-order valence-electron chi connectivity index (χ1n) is 6.44. The molecule has 5 nitrogen and oxygen atoms in total. The largest absolute Gasteiger partial charge is 0.488 e. The second-order valence-electron chi connectivity index (χ2n) is 4.46. The zero-order valence-electron chi connectivity index (χ0n) is 12.0. The smallest absolute Gasteiger partial charge is 0.262 e. The summed E-state index contributed by atoms with van der Waals surface area (Å²) in [6.07, 6.45) is 1.66. The molecule has 2 rings (SSSR count). The van der Waals surface area contributed by atoms with Gasteiger partial charge in [0.25, 0.3) is 5.88 Å². The highest BCUT2D eigenvalue weighted by Crippen LogP contribution is 2.34. The molecule has 0 radical (unpaired) electrons. The second-order valence-corrected chi connectivity index (χ2v) is 4.46. The number of nitrogens with two attached hydrogens (primary N) is 1. The molecule has 0 fully saturated rings. The van der Waals surface area contributed by atoms with Crippen molar-refractivity contribution in [2.24, 2.45) is 0 Å². The van der Waals surface area contributed by atoms with E-state index in [1.54, 1.807) is 12.3 Å². The van der Waals surface area contributed by atoms with Crippen LogP contribution in [0.15, 0.2) is 36.5 Å². The van der Waals surface area contributed by atoms with Crippen molar-refractivity contribution < 1.29 is 9.47 Å². The SMILES string of the molecule is CCOc1cccnc1Oc1cc(N(C)C)ccc1N. The Hall–Kier alpha value is -2.43. The van der Waals surface area contributed by atoms with Gasteiger partial charge in [0.2, 0.25) is 0 Å². The van der Waals surface area contributed by atoms with E-state index in [0.717, 1.165) is 5.69 Å². The minimum absolute atomic E-state index is 0.414.